The summed E-state index contributed by atoms with van der Waals surface area (Å²) >= 11 is 0. The van der Waals surface area contributed by atoms with E-state index in [0.717, 1.165) is 6.42 Å². The fourth-order valence-corrected chi connectivity index (χ4v) is 8.05. The predicted molar refractivity (Wildman–Crippen MR) is 112 cm³/mol. The molecule has 0 aromatic heterocycles. The minimum absolute atomic E-state index is 0.176. The third-order valence-corrected chi connectivity index (χ3v) is 9.24. The van der Waals surface area contributed by atoms with E-state index in [1.54, 1.807) is 0 Å². The molecule has 178 valence electrons. The normalized spacial score (nSPS) is 49.1. The van der Waals surface area contributed by atoms with Gasteiger partial charge in [-0.15, -0.1) is 0 Å². The van der Waals surface area contributed by atoms with E-state index in [4.69, 9.17) is 9.47 Å². The van der Waals surface area contributed by atoms with E-state index >= 15 is 0 Å². The summed E-state index contributed by atoms with van der Waals surface area (Å²) in [4.78, 5) is 37.8. The zero-order valence-corrected chi connectivity index (χ0v) is 19.4. The van der Waals surface area contributed by atoms with Crippen LogP contribution in [0.5, 0.6) is 0 Å². The zero-order valence-electron chi connectivity index (χ0n) is 19.4. The standard InChI is InChI=1S/C24H34O8/c1-11-19(28)24-16(27)9-15-21(4,5)8-7-17(32-13(3)26)22(15,6)18(24)14(31-12(2)25)10-23(11,30)20(24)29/h14-18,20,27,29-30H,1,7-10H2,2-6H3/t14-,15+,16+,17-,18-,20+,22-,23+,24+/m0/s1. The average molecular weight is 451 g/mol. The fraction of sp³-hybridized carbons (Fsp3) is 0.792. The molecule has 0 aliphatic heterocycles. The minimum atomic E-state index is -2.00. The van der Waals surface area contributed by atoms with Crippen molar-refractivity contribution in [3.63, 3.8) is 0 Å². The van der Waals surface area contributed by atoms with Gasteiger partial charge in [-0.05, 0) is 30.6 Å². The van der Waals surface area contributed by atoms with Gasteiger partial charge >= 0.3 is 11.9 Å². The van der Waals surface area contributed by atoms with E-state index in [9.17, 15) is 29.7 Å². The van der Waals surface area contributed by atoms with Gasteiger partial charge in [-0.25, -0.2) is 0 Å². The molecule has 2 bridgehead atoms. The van der Waals surface area contributed by atoms with Crippen LogP contribution in [0.4, 0.5) is 0 Å². The van der Waals surface area contributed by atoms with Gasteiger partial charge in [0.15, 0.2) is 5.78 Å². The second-order valence-electron chi connectivity index (χ2n) is 11.2. The second kappa shape index (κ2) is 6.87. The Kier molecular flexibility index (Phi) is 5.02. The number of aliphatic hydroxyl groups is 3. The lowest BCUT2D eigenvalue weighted by Crippen LogP contribution is -2.75. The van der Waals surface area contributed by atoms with Crippen molar-refractivity contribution in [1.82, 2.24) is 0 Å². The number of esters is 2. The molecule has 0 aromatic carbocycles. The lowest BCUT2D eigenvalue weighted by atomic mass is 9.38. The third kappa shape index (κ3) is 2.63. The number of aliphatic hydroxyl groups excluding tert-OH is 2. The molecule has 9 atom stereocenters. The summed E-state index contributed by atoms with van der Waals surface area (Å²) in [6.07, 6.45) is -3.24. The van der Waals surface area contributed by atoms with Gasteiger partial charge in [0.05, 0.1) is 11.5 Å². The van der Waals surface area contributed by atoms with Gasteiger partial charge < -0.3 is 24.8 Å². The summed E-state index contributed by atoms with van der Waals surface area (Å²) in [6, 6.07) is 0. The van der Waals surface area contributed by atoms with Gasteiger partial charge in [0, 0.05) is 37.2 Å². The zero-order chi connectivity index (χ0) is 24.0. The van der Waals surface area contributed by atoms with Crippen LogP contribution in [0.25, 0.3) is 0 Å². The van der Waals surface area contributed by atoms with Crippen LogP contribution in [-0.4, -0.2) is 63.1 Å². The summed E-state index contributed by atoms with van der Waals surface area (Å²) in [6.45, 7) is 12.4. The smallest absolute Gasteiger partial charge is 0.302 e. The molecule has 32 heavy (non-hydrogen) atoms. The Balaban J connectivity index is 2.00. The molecule has 4 saturated carbocycles. The Bertz CT molecular complexity index is 894. The number of Topliss-reactive ketones (excluding diaryl/α,β-unsaturated/α-hetero) is 1. The largest absolute Gasteiger partial charge is 0.462 e. The first kappa shape index (κ1) is 23.4. The molecule has 4 aliphatic rings. The number of ketones is 1. The number of ether oxygens (including phenoxy) is 2. The highest BCUT2D eigenvalue weighted by Gasteiger charge is 2.81. The van der Waals surface area contributed by atoms with Gasteiger partial charge in [0.2, 0.25) is 0 Å². The van der Waals surface area contributed by atoms with Crippen LogP contribution in [0.1, 0.15) is 60.3 Å². The fourth-order valence-electron chi connectivity index (χ4n) is 8.05. The molecule has 0 heterocycles. The van der Waals surface area contributed by atoms with Crippen molar-refractivity contribution in [3.8, 4) is 0 Å². The molecular formula is C24H34O8. The maximum Gasteiger partial charge on any atom is 0.302 e. The molecule has 1 spiro atoms. The van der Waals surface area contributed by atoms with E-state index < -0.39 is 64.5 Å². The SMILES string of the molecule is C=C1C(=O)[C@@]23[C@H](O)C[C@@H]4C(C)(C)CC[C@H](OC(C)=O)[C@@]4(C)[C@@H]2[C@@H](OC(C)=O)C[C@]1(O)[C@H]3O. The molecule has 0 amide bonds. The monoisotopic (exact) mass is 450 g/mol. The molecule has 8 heteroatoms. The first-order valence-electron chi connectivity index (χ1n) is 11.3. The Morgan fingerprint density at radius 2 is 1.69 bits per heavy atom. The first-order chi connectivity index (χ1) is 14.6. The molecule has 4 fully saturated rings. The molecule has 0 saturated heterocycles. The van der Waals surface area contributed by atoms with Crippen LogP contribution in [-0.2, 0) is 23.9 Å². The van der Waals surface area contributed by atoms with Gasteiger partial charge in [0.1, 0.15) is 23.9 Å². The second-order valence-corrected chi connectivity index (χ2v) is 11.2. The highest BCUT2D eigenvalue weighted by molar-refractivity contribution is 6.06. The Morgan fingerprint density at radius 1 is 1.09 bits per heavy atom. The molecular weight excluding hydrogens is 416 g/mol. The molecule has 4 rings (SSSR count). The van der Waals surface area contributed by atoms with Crippen LogP contribution in [0.3, 0.4) is 0 Å². The van der Waals surface area contributed by atoms with Gasteiger partial charge in [-0.3, -0.25) is 14.4 Å². The molecule has 4 aliphatic carbocycles. The van der Waals surface area contributed by atoms with Crippen molar-refractivity contribution in [1.29, 1.82) is 0 Å². The summed E-state index contributed by atoms with van der Waals surface area (Å²) in [5.74, 6) is -2.74. The maximum atomic E-state index is 13.7. The molecule has 0 unspecified atom stereocenters. The van der Waals surface area contributed by atoms with Crippen LogP contribution < -0.4 is 0 Å². The van der Waals surface area contributed by atoms with Gasteiger partial charge in [0.25, 0.3) is 0 Å². The number of hydrogen-bond acceptors (Lipinski definition) is 8. The van der Waals surface area contributed by atoms with Crippen LogP contribution in [0.2, 0.25) is 0 Å². The quantitative estimate of drug-likeness (QED) is 0.424. The number of carbonyl (C=O) groups excluding carboxylic acids is 3. The predicted octanol–water partition coefficient (Wildman–Crippen LogP) is 1.29. The molecule has 0 radical (unpaired) electrons. The maximum absolute atomic E-state index is 13.7. The number of hydrogen-bond donors (Lipinski definition) is 3. The summed E-state index contributed by atoms with van der Waals surface area (Å²) in [5, 5.41) is 34.2. The summed E-state index contributed by atoms with van der Waals surface area (Å²) in [5.41, 5.74) is -5.16. The van der Waals surface area contributed by atoms with Crippen LogP contribution >= 0.6 is 0 Å². The Labute approximate surface area is 188 Å². The number of rotatable bonds is 2. The lowest BCUT2D eigenvalue weighted by molar-refractivity contribution is -0.294. The van der Waals surface area contributed by atoms with E-state index in [-0.39, 0.29) is 29.7 Å². The highest BCUT2D eigenvalue weighted by atomic mass is 16.6. The van der Waals surface area contributed by atoms with E-state index in [1.165, 1.54) is 13.8 Å². The Morgan fingerprint density at radius 3 is 2.25 bits per heavy atom. The summed E-state index contributed by atoms with van der Waals surface area (Å²) in [7, 11) is 0. The third-order valence-electron chi connectivity index (χ3n) is 9.24. The molecule has 0 aromatic rings. The topological polar surface area (TPSA) is 130 Å². The van der Waals surface area contributed by atoms with E-state index in [1.807, 2.05) is 6.92 Å². The highest BCUT2D eigenvalue weighted by Crippen LogP contribution is 2.72. The number of carbonyl (C=O) groups is 3. The van der Waals surface area contributed by atoms with E-state index in [0.29, 0.717) is 6.42 Å². The molecule has 8 nitrogen and oxygen atoms in total. The first-order valence-corrected chi connectivity index (χ1v) is 11.3. The van der Waals surface area contributed by atoms with Crippen molar-refractivity contribution < 1.29 is 39.2 Å². The van der Waals surface area contributed by atoms with Crippen molar-refractivity contribution in [2.75, 3.05) is 0 Å². The van der Waals surface area contributed by atoms with Crippen LogP contribution in [0, 0.1) is 28.1 Å². The van der Waals surface area contributed by atoms with E-state index in [2.05, 4.69) is 20.4 Å². The Hall–Kier alpha value is -1.77. The van der Waals surface area contributed by atoms with Crippen LogP contribution in [0.15, 0.2) is 12.2 Å². The van der Waals surface area contributed by atoms with Gasteiger partial charge in [-0.1, -0.05) is 27.4 Å². The lowest BCUT2D eigenvalue weighted by Gasteiger charge is -2.67. The summed E-state index contributed by atoms with van der Waals surface area (Å²) < 4.78 is 11.5. The minimum Gasteiger partial charge on any atom is -0.462 e. The van der Waals surface area contributed by atoms with Gasteiger partial charge in [-0.2, -0.15) is 0 Å². The molecule has 3 N–H and O–H groups in total. The average Bonchev–Trinajstić information content (AvgIpc) is 2.75. The number of fused-ring (bicyclic) bond motifs is 3. The van der Waals surface area contributed by atoms with Crippen molar-refractivity contribution >= 4 is 17.7 Å². The van der Waals surface area contributed by atoms with Crippen molar-refractivity contribution in [3.05, 3.63) is 12.2 Å². The van der Waals surface area contributed by atoms with Crippen molar-refractivity contribution in [2.24, 2.45) is 28.1 Å². The van der Waals surface area contributed by atoms with Crippen molar-refractivity contribution in [2.45, 2.75) is 90.3 Å².